The molecule has 0 saturated carbocycles. The fourth-order valence-corrected chi connectivity index (χ4v) is 2.51. The molecule has 0 radical (unpaired) electrons. The van der Waals surface area contributed by atoms with E-state index >= 15 is 0 Å². The van der Waals surface area contributed by atoms with Gasteiger partial charge in [0, 0.05) is 31.1 Å². The van der Waals surface area contributed by atoms with Crippen molar-refractivity contribution in [2.75, 3.05) is 18.0 Å². The zero-order valence-corrected chi connectivity index (χ0v) is 12.5. The molecule has 0 spiro atoms. The first-order chi connectivity index (χ1) is 8.02. The van der Waals surface area contributed by atoms with E-state index in [4.69, 9.17) is 0 Å². The van der Waals surface area contributed by atoms with Gasteiger partial charge >= 0.3 is 0 Å². The van der Waals surface area contributed by atoms with Crippen molar-refractivity contribution in [3.8, 4) is 0 Å². The molecule has 1 aromatic rings. The van der Waals surface area contributed by atoms with Crippen molar-refractivity contribution in [3.05, 3.63) is 11.1 Å². The van der Waals surface area contributed by atoms with E-state index in [-0.39, 0.29) is 0 Å². The maximum atomic E-state index is 4.69. The quantitative estimate of drug-likeness (QED) is 0.811. The van der Waals surface area contributed by atoms with E-state index in [1.54, 1.807) is 11.3 Å². The Morgan fingerprint density at radius 2 is 2.06 bits per heavy atom. The van der Waals surface area contributed by atoms with E-state index in [0.29, 0.717) is 12.0 Å². The Morgan fingerprint density at radius 3 is 2.59 bits per heavy atom. The smallest absolute Gasteiger partial charge is 0.185 e. The van der Waals surface area contributed by atoms with Gasteiger partial charge < -0.3 is 10.2 Å². The molecule has 3 nitrogen and oxygen atoms in total. The zero-order valence-electron chi connectivity index (χ0n) is 11.7. The van der Waals surface area contributed by atoms with Crippen LogP contribution < -0.4 is 10.2 Å². The number of rotatable bonds is 7. The Hall–Kier alpha value is -0.610. The van der Waals surface area contributed by atoms with Crippen LogP contribution in [-0.4, -0.2) is 24.1 Å². The fourth-order valence-electron chi connectivity index (χ4n) is 1.61. The fraction of sp³-hybridized carbons (Fsp3) is 0.769. The molecular formula is C13H25N3S. The SMILES string of the molecule is CCN(CC(C)C)c1nc(CNC(C)C)cs1. The van der Waals surface area contributed by atoms with Crippen LogP contribution in [0, 0.1) is 5.92 Å². The Morgan fingerprint density at radius 1 is 1.35 bits per heavy atom. The van der Waals surface area contributed by atoms with E-state index in [1.165, 1.54) is 0 Å². The van der Waals surface area contributed by atoms with Crippen molar-refractivity contribution in [2.24, 2.45) is 5.92 Å². The molecule has 0 bridgehead atoms. The number of thiazole rings is 1. The Kier molecular flexibility index (Phi) is 5.92. The zero-order chi connectivity index (χ0) is 12.8. The summed E-state index contributed by atoms with van der Waals surface area (Å²) in [7, 11) is 0. The predicted molar refractivity (Wildman–Crippen MR) is 76.8 cm³/mol. The van der Waals surface area contributed by atoms with Crippen molar-refractivity contribution in [1.82, 2.24) is 10.3 Å². The van der Waals surface area contributed by atoms with Crippen LogP contribution in [0.2, 0.25) is 0 Å². The first-order valence-corrected chi connectivity index (χ1v) is 7.33. The number of nitrogens with one attached hydrogen (secondary N) is 1. The third-order valence-corrected chi connectivity index (χ3v) is 3.42. The summed E-state index contributed by atoms with van der Waals surface area (Å²) in [5.41, 5.74) is 1.15. The molecule has 1 N–H and O–H groups in total. The lowest BCUT2D eigenvalue weighted by Crippen LogP contribution is -2.27. The minimum Gasteiger partial charge on any atom is -0.348 e. The third kappa shape index (κ3) is 5.04. The molecule has 1 aromatic heterocycles. The lowest BCUT2D eigenvalue weighted by molar-refractivity contribution is 0.581. The summed E-state index contributed by atoms with van der Waals surface area (Å²) >= 11 is 1.75. The van der Waals surface area contributed by atoms with Crippen molar-refractivity contribution < 1.29 is 0 Å². The standard InChI is InChI=1S/C13H25N3S/c1-6-16(8-10(2)3)13-15-12(9-17-13)7-14-11(4)5/h9-11,14H,6-8H2,1-5H3. The maximum absolute atomic E-state index is 4.69. The number of hydrogen-bond acceptors (Lipinski definition) is 4. The van der Waals surface area contributed by atoms with E-state index in [0.717, 1.165) is 30.5 Å². The number of hydrogen-bond donors (Lipinski definition) is 1. The van der Waals surface area contributed by atoms with Gasteiger partial charge in [0.05, 0.1) is 5.69 Å². The van der Waals surface area contributed by atoms with Gasteiger partial charge in [0.1, 0.15) is 0 Å². The third-order valence-electron chi connectivity index (χ3n) is 2.47. The molecule has 1 rings (SSSR count). The summed E-state index contributed by atoms with van der Waals surface area (Å²) in [6.45, 7) is 14.0. The van der Waals surface area contributed by atoms with E-state index in [2.05, 4.69) is 55.2 Å². The second kappa shape index (κ2) is 6.97. The van der Waals surface area contributed by atoms with Gasteiger partial charge in [-0.1, -0.05) is 27.7 Å². The van der Waals surface area contributed by atoms with Gasteiger partial charge in [-0.3, -0.25) is 0 Å². The second-order valence-electron chi connectivity index (χ2n) is 5.09. The van der Waals surface area contributed by atoms with Gasteiger partial charge in [-0.05, 0) is 12.8 Å². The van der Waals surface area contributed by atoms with E-state index in [9.17, 15) is 0 Å². The normalized spacial score (nSPS) is 11.5. The van der Waals surface area contributed by atoms with Gasteiger partial charge in [0.25, 0.3) is 0 Å². The summed E-state index contributed by atoms with van der Waals surface area (Å²) in [4.78, 5) is 7.04. The number of anilines is 1. The molecule has 17 heavy (non-hydrogen) atoms. The summed E-state index contributed by atoms with van der Waals surface area (Å²) in [5, 5.41) is 6.71. The average molecular weight is 255 g/mol. The molecule has 0 unspecified atom stereocenters. The van der Waals surface area contributed by atoms with E-state index in [1.807, 2.05) is 0 Å². The molecule has 0 aliphatic rings. The van der Waals surface area contributed by atoms with Crippen molar-refractivity contribution in [2.45, 2.75) is 47.2 Å². The summed E-state index contributed by atoms with van der Waals surface area (Å²) in [6.07, 6.45) is 0. The molecule has 0 fully saturated rings. The monoisotopic (exact) mass is 255 g/mol. The highest BCUT2D eigenvalue weighted by atomic mass is 32.1. The average Bonchev–Trinajstić information content (AvgIpc) is 2.71. The minimum atomic E-state index is 0.512. The van der Waals surface area contributed by atoms with Crippen LogP contribution in [0.5, 0.6) is 0 Å². The molecule has 4 heteroatoms. The van der Waals surface area contributed by atoms with Crippen molar-refractivity contribution >= 4 is 16.5 Å². The highest BCUT2D eigenvalue weighted by molar-refractivity contribution is 7.13. The topological polar surface area (TPSA) is 28.2 Å². The molecule has 0 amide bonds. The van der Waals surface area contributed by atoms with Crippen molar-refractivity contribution in [1.29, 1.82) is 0 Å². The van der Waals surface area contributed by atoms with Gasteiger partial charge in [-0.25, -0.2) is 4.98 Å². The summed E-state index contributed by atoms with van der Waals surface area (Å²) < 4.78 is 0. The van der Waals surface area contributed by atoms with E-state index < -0.39 is 0 Å². The highest BCUT2D eigenvalue weighted by Gasteiger charge is 2.10. The molecule has 0 aliphatic heterocycles. The molecule has 0 saturated heterocycles. The lowest BCUT2D eigenvalue weighted by atomic mass is 10.2. The van der Waals surface area contributed by atoms with Crippen LogP contribution in [-0.2, 0) is 6.54 Å². The molecular weight excluding hydrogens is 230 g/mol. The highest BCUT2D eigenvalue weighted by Crippen LogP contribution is 2.21. The first kappa shape index (κ1) is 14.5. The second-order valence-corrected chi connectivity index (χ2v) is 5.93. The summed E-state index contributed by atoms with van der Waals surface area (Å²) in [6, 6.07) is 0.512. The first-order valence-electron chi connectivity index (χ1n) is 6.45. The number of aromatic nitrogens is 1. The van der Waals surface area contributed by atoms with Crippen LogP contribution in [0.15, 0.2) is 5.38 Å². The molecule has 0 atom stereocenters. The number of nitrogens with zero attached hydrogens (tertiary/aromatic N) is 2. The predicted octanol–water partition coefficient (Wildman–Crippen LogP) is 3.12. The van der Waals surface area contributed by atoms with Gasteiger partial charge in [0.15, 0.2) is 5.13 Å². The van der Waals surface area contributed by atoms with Gasteiger partial charge in [0.2, 0.25) is 0 Å². The maximum Gasteiger partial charge on any atom is 0.185 e. The minimum absolute atomic E-state index is 0.512. The molecule has 1 heterocycles. The van der Waals surface area contributed by atoms with Crippen LogP contribution in [0.3, 0.4) is 0 Å². The molecule has 0 aliphatic carbocycles. The van der Waals surface area contributed by atoms with Crippen LogP contribution in [0.1, 0.15) is 40.3 Å². The van der Waals surface area contributed by atoms with Crippen LogP contribution >= 0.6 is 11.3 Å². The largest absolute Gasteiger partial charge is 0.348 e. The Labute approximate surface area is 109 Å². The van der Waals surface area contributed by atoms with Gasteiger partial charge in [-0.2, -0.15) is 0 Å². The molecule has 98 valence electrons. The Balaban J connectivity index is 2.58. The van der Waals surface area contributed by atoms with Crippen molar-refractivity contribution in [3.63, 3.8) is 0 Å². The lowest BCUT2D eigenvalue weighted by Gasteiger charge is -2.21. The summed E-state index contributed by atoms with van der Waals surface area (Å²) in [5.74, 6) is 0.677. The van der Waals surface area contributed by atoms with Crippen LogP contribution in [0.4, 0.5) is 5.13 Å². The Bertz CT molecular complexity index is 320. The molecule has 0 aromatic carbocycles. The van der Waals surface area contributed by atoms with Gasteiger partial charge in [-0.15, -0.1) is 11.3 Å². The van der Waals surface area contributed by atoms with Crippen LogP contribution in [0.25, 0.3) is 0 Å².